The van der Waals surface area contributed by atoms with Gasteiger partial charge in [0.05, 0.1) is 13.2 Å². The van der Waals surface area contributed by atoms with E-state index in [0.29, 0.717) is 19.0 Å². The Labute approximate surface area is 62.9 Å². The molecule has 1 aliphatic rings. The van der Waals surface area contributed by atoms with E-state index < -0.39 is 6.29 Å². The molecule has 0 saturated carbocycles. The summed E-state index contributed by atoms with van der Waals surface area (Å²) in [5.41, 5.74) is 0. The summed E-state index contributed by atoms with van der Waals surface area (Å²) in [5, 5.41) is 13.1. The molecule has 0 aliphatic carbocycles. The van der Waals surface area contributed by atoms with Crippen LogP contribution in [0.25, 0.3) is 0 Å². The van der Waals surface area contributed by atoms with Crippen molar-refractivity contribution in [2.24, 2.45) is 0 Å². The maximum atomic E-state index is 5.23. The van der Waals surface area contributed by atoms with Crippen LogP contribution in [0.15, 0.2) is 0 Å². The van der Waals surface area contributed by atoms with E-state index in [0.717, 1.165) is 6.42 Å². The topological polar surface area (TPSA) is 72.9 Å². The third-order valence-electron chi connectivity index (χ3n) is 1.41. The third-order valence-corrected chi connectivity index (χ3v) is 1.41. The highest BCUT2D eigenvalue weighted by atomic mass is 16.7. The quantitative estimate of drug-likeness (QED) is 0.600. The standard InChI is InChI=1S/C5H8N4O2/c1-2-10-5(11-3-1)4-6-8-9-7-4/h5H,1-3H2,(H,6,7,8,9). The Morgan fingerprint density at radius 3 is 2.82 bits per heavy atom. The number of ether oxygens (including phenoxy) is 2. The number of hydrogen-bond donors (Lipinski definition) is 1. The van der Waals surface area contributed by atoms with Gasteiger partial charge in [0.1, 0.15) is 0 Å². The lowest BCUT2D eigenvalue weighted by Gasteiger charge is -2.20. The van der Waals surface area contributed by atoms with E-state index in [2.05, 4.69) is 20.6 Å². The fraction of sp³-hybridized carbons (Fsp3) is 0.800. The molecule has 1 fully saturated rings. The molecule has 0 atom stereocenters. The summed E-state index contributed by atoms with van der Waals surface area (Å²) in [4.78, 5) is 0. The molecule has 0 amide bonds. The van der Waals surface area contributed by atoms with Crippen molar-refractivity contribution in [3.63, 3.8) is 0 Å². The first-order valence-corrected chi connectivity index (χ1v) is 3.43. The molecule has 0 radical (unpaired) electrons. The number of aromatic nitrogens is 4. The molecular formula is C5H8N4O2. The Morgan fingerprint density at radius 1 is 1.36 bits per heavy atom. The Balaban J connectivity index is 2.04. The van der Waals surface area contributed by atoms with Crippen LogP contribution < -0.4 is 0 Å². The molecule has 0 bridgehead atoms. The van der Waals surface area contributed by atoms with Crippen molar-refractivity contribution in [1.29, 1.82) is 0 Å². The van der Waals surface area contributed by atoms with Crippen molar-refractivity contribution in [3.8, 4) is 0 Å². The molecule has 0 aromatic carbocycles. The van der Waals surface area contributed by atoms with E-state index in [4.69, 9.17) is 9.47 Å². The Hall–Kier alpha value is -1.01. The molecule has 0 spiro atoms. The lowest BCUT2D eigenvalue weighted by atomic mass is 10.4. The zero-order valence-electron chi connectivity index (χ0n) is 5.86. The zero-order chi connectivity index (χ0) is 7.52. The second kappa shape index (κ2) is 2.93. The minimum atomic E-state index is -0.404. The van der Waals surface area contributed by atoms with Gasteiger partial charge in [-0.1, -0.05) is 0 Å². The van der Waals surface area contributed by atoms with E-state index >= 15 is 0 Å². The molecule has 1 saturated heterocycles. The minimum Gasteiger partial charge on any atom is -0.346 e. The highest BCUT2D eigenvalue weighted by Gasteiger charge is 2.19. The summed E-state index contributed by atoms with van der Waals surface area (Å²) in [6.07, 6.45) is 0.525. The third kappa shape index (κ3) is 1.36. The Morgan fingerprint density at radius 2 is 2.18 bits per heavy atom. The van der Waals surface area contributed by atoms with Gasteiger partial charge in [0.15, 0.2) is 0 Å². The van der Waals surface area contributed by atoms with Crippen molar-refractivity contribution >= 4 is 0 Å². The van der Waals surface area contributed by atoms with Crippen LogP contribution >= 0.6 is 0 Å². The Kier molecular flexibility index (Phi) is 1.78. The average Bonchev–Trinajstić information content (AvgIpc) is 2.58. The fourth-order valence-electron chi connectivity index (χ4n) is 0.912. The normalized spacial score (nSPS) is 20.4. The summed E-state index contributed by atoms with van der Waals surface area (Å²) in [6, 6.07) is 0. The van der Waals surface area contributed by atoms with Crippen LogP contribution in [0, 0.1) is 0 Å². The maximum absolute atomic E-state index is 5.23. The largest absolute Gasteiger partial charge is 0.346 e. The summed E-state index contributed by atoms with van der Waals surface area (Å²) in [6.45, 7) is 1.40. The minimum absolute atomic E-state index is 0.404. The summed E-state index contributed by atoms with van der Waals surface area (Å²) in [7, 11) is 0. The Bertz CT molecular complexity index is 206. The van der Waals surface area contributed by atoms with Crippen molar-refractivity contribution in [2.45, 2.75) is 12.7 Å². The molecular weight excluding hydrogens is 148 g/mol. The second-order valence-electron chi connectivity index (χ2n) is 2.21. The molecule has 2 heterocycles. The number of tetrazole rings is 1. The molecule has 1 aliphatic heterocycles. The predicted octanol–water partition coefficient (Wildman–Crippen LogP) is -0.365. The summed E-state index contributed by atoms with van der Waals surface area (Å²) < 4.78 is 10.5. The van der Waals surface area contributed by atoms with Crippen LogP contribution in [0.1, 0.15) is 18.5 Å². The number of nitrogens with zero attached hydrogens (tertiary/aromatic N) is 3. The first-order chi connectivity index (χ1) is 5.47. The predicted molar refractivity (Wildman–Crippen MR) is 33.4 cm³/mol. The van der Waals surface area contributed by atoms with Crippen LogP contribution in [0.5, 0.6) is 0 Å². The van der Waals surface area contributed by atoms with Crippen molar-refractivity contribution in [1.82, 2.24) is 20.6 Å². The van der Waals surface area contributed by atoms with Crippen molar-refractivity contribution in [2.75, 3.05) is 13.2 Å². The number of rotatable bonds is 1. The van der Waals surface area contributed by atoms with Crippen LogP contribution in [0.4, 0.5) is 0 Å². The first kappa shape index (κ1) is 6.68. The fourth-order valence-corrected chi connectivity index (χ4v) is 0.912. The number of aromatic amines is 1. The average molecular weight is 156 g/mol. The maximum Gasteiger partial charge on any atom is 0.220 e. The van der Waals surface area contributed by atoms with Gasteiger partial charge in [0, 0.05) is 0 Å². The molecule has 0 unspecified atom stereocenters. The molecule has 6 heteroatoms. The van der Waals surface area contributed by atoms with Gasteiger partial charge in [-0.05, 0) is 16.8 Å². The van der Waals surface area contributed by atoms with Crippen molar-refractivity contribution in [3.05, 3.63) is 5.82 Å². The van der Waals surface area contributed by atoms with E-state index in [-0.39, 0.29) is 0 Å². The van der Waals surface area contributed by atoms with Gasteiger partial charge in [-0.2, -0.15) is 0 Å². The van der Waals surface area contributed by atoms with Gasteiger partial charge in [-0.3, -0.25) is 0 Å². The second-order valence-corrected chi connectivity index (χ2v) is 2.21. The molecule has 2 rings (SSSR count). The molecule has 1 N–H and O–H groups in total. The zero-order valence-corrected chi connectivity index (χ0v) is 5.86. The smallest absolute Gasteiger partial charge is 0.220 e. The van der Waals surface area contributed by atoms with E-state index in [1.54, 1.807) is 0 Å². The first-order valence-electron chi connectivity index (χ1n) is 3.43. The SMILES string of the molecule is C1COC(c2nnn[nH]2)OC1. The number of H-pyrrole nitrogens is 1. The lowest BCUT2D eigenvalue weighted by Crippen LogP contribution is -2.18. The van der Waals surface area contributed by atoms with Crippen LogP contribution in [-0.2, 0) is 9.47 Å². The monoisotopic (exact) mass is 156 g/mol. The lowest BCUT2D eigenvalue weighted by molar-refractivity contribution is -0.187. The number of hydrogen-bond acceptors (Lipinski definition) is 5. The molecule has 11 heavy (non-hydrogen) atoms. The van der Waals surface area contributed by atoms with Crippen molar-refractivity contribution < 1.29 is 9.47 Å². The van der Waals surface area contributed by atoms with Crippen LogP contribution in [-0.4, -0.2) is 33.8 Å². The molecule has 6 nitrogen and oxygen atoms in total. The number of nitrogens with one attached hydrogen (secondary N) is 1. The van der Waals surface area contributed by atoms with Crippen LogP contribution in [0.3, 0.4) is 0 Å². The van der Waals surface area contributed by atoms with Gasteiger partial charge in [0.2, 0.25) is 12.1 Å². The van der Waals surface area contributed by atoms with Gasteiger partial charge < -0.3 is 9.47 Å². The van der Waals surface area contributed by atoms with E-state index in [1.807, 2.05) is 0 Å². The highest BCUT2D eigenvalue weighted by molar-refractivity contribution is 4.79. The molecule has 60 valence electrons. The van der Waals surface area contributed by atoms with Gasteiger partial charge in [0.25, 0.3) is 0 Å². The highest BCUT2D eigenvalue weighted by Crippen LogP contribution is 2.17. The summed E-state index contributed by atoms with van der Waals surface area (Å²) in [5.74, 6) is 0.532. The van der Waals surface area contributed by atoms with E-state index in [1.165, 1.54) is 0 Å². The van der Waals surface area contributed by atoms with Gasteiger partial charge in [-0.25, -0.2) is 5.10 Å². The van der Waals surface area contributed by atoms with E-state index in [9.17, 15) is 0 Å². The van der Waals surface area contributed by atoms with Gasteiger partial charge >= 0.3 is 0 Å². The molecule has 1 aromatic heterocycles. The van der Waals surface area contributed by atoms with Crippen LogP contribution in [0.2, 0.25) is 0 Å². The van der Waals surface area contributed by atoms with Gasteiger partial charge in [-0.15, -0.1) is 5.10 Å². The summed E-state index contributed by atoms with van der Waals surface area (Å²) >= 11 is 0. The molecule has 1 aromatic rings.